The molecular formula is C42H54BrClN6O11S4. The van der Waals surface area contributed by atoms with Crippen LogP contribution in [0.3, 0.4) is 0 Å². The van der Waals surface area contributed by atoms with E-state index in [-0.39, 0.29) is 56.8 Å². The van der Waals surface area contributed by atoms with Crippen molar-refractivity contribution in [2.75, 3.05) is 96.5 Å². The molecule has 6 heterocycles. The third kappa shape index (κ3) is 13.5. The Morgan fingerprint density at radius 2 is 1.11 bits per heavy atom. The van der Waals surface area contributed by atoms with E-state index in [2.05, 4.69) is 50.7 Å². The van der Waals surface area contributed by atoms with Crippen molar-refractivity contribution in [3.8, 4) is 0 Å². The van der Waals surface area contributed by atoms with E-state index >= 15 is 0 Å². The van der Waals surface area contributed by atoms with Gasteiger partial charge in [0.25, 0.3) is 0 Å². The van der Waals surface area contributed by atoms with Gasteiger partial charge in [-0.1, -0.05) is 37.5 Å². The summed E-state index contributed by atoms with van der Waals surface area (Å²) in [4.78, 5) is 51.8. The number of nitrogens with one attached hydrogen (secondary N) is 1. The minimum atomic E-state index is -3.31. The second-order valence-corrected chi connectivity index (χ2v) is 20.6. The summed E-state index contributed by atoms with van der Waals surface area (Å²) in [5, 5.41) is 31.3. The fraction of sp³-hybridized carbons (Fsp3) is 0.429. The van der Waals surface area contributed by atoms with Crippen molar-refractivity contribution >= 4 is 131 Å². The van der Waals surface area contributed by atoms with Crippen molar-refractivity contribution in [2.45, 2.75) is 19.2 Å². The average molecular weight is 1060 g/mol. The van der Waals surface area contributed by atoms with E-state index in [0.29, 0.717) is 51.0 Å². The summed E-state index contributed by atoms with van der Waals surface area (Å²) in [6, 6.07) is 13.8. The van der Waals surface area contributed by atoms with Crippen LogP contribution in [0.4, 0.5) is 10.3 Å². The van der Waals surface area contributed by atoms with E-state index in [1.165, 1.54) is 27.4 Å². The van der Waals surface area contributed by atoms with Gasteiger partial charge in [0.15, 0.2) is 10.3 Å². The Morgan fingerprint density at radius 1 is 0.677 bits per heavy atom. The van der Waals surface area contributed by atoms with Gasteiger partial charge in [-0.15, -0.1) is 23.7 Å². The number of aromatic nitrogens is 3. The number of aliphatic hydroxyl groups is 3. The first-order valence-corrected chi connectivity index (χ1v) is 24.2. The molecule has 3 fully saturated rings. The molecular weight excluding hydrogens is 1010 g/mol. The highest BCUT2D eigenvalue weighted by atomic mass is 79.9. The molecule has 0 radical (unpaired) electrons. The maximum absolute atomic E-state index is 11.7. The molecule has 3 aromatic carbocycles. The number of carbonyl (C=O) groups is 3. The molecule has 0 amide bonds. The number of rotatable bonds is 9. The monoisotopic (exact) mass is 1060 g/mol. The van der Waals surface area contributed by atoms with Crippen LogP contribution in [-0.4, -0.2) is 143 Å². The zero-order valence-electron chi connectivity index (χ0n) is 34.5. The molecule has 6 aromatic rings. The van der Waals surface area contributed by atoms with Crippen LogP contribution in [0.25, 0.3) is 30.6 Å². The molecule has 0 unspecified atom stereocenters. The van der Waals surface area contributed by atoms with Crippen LogP contribution in [0.1, 0.15) is 45.9 Å². The average Bonchev–Trinajstić information content (AvgIpc) is 3.95. The fourth-order valence-corrected chi connectivity index (χ4v) is 10.5. The smallest absolute Gasteiger partial charge is 0.339 e. The largest absolute Gasteiger partial charge is 0.465 e. The van der Waals surface area contributed by atoms with E-state index < -0.39 is 15.8 Å². The third-order valence-corrected chi connectivity index (χ3v) is 15.4. The number of methoxy groups -OCH3 is 3. The summed E-state index contributed by atoms with van der Waals surface area (Å²) in [5.41, 5.74) is 3.44. The molecule has 23 heteroatoms. The van der Waals surface area contributed by atoms with Crippen molar-refractivity contribution in [3.63, 3.8) is 0 Å². The predicted molar refractivity (Wildman–Crippen MR) is 263 cm³/mol. The Bertz CT molecular complexity index is 2660. The van der Waals surface area contributed by atoms with Gasteiger partial charge in [0.2, 0.25) is 14.2 Å². The molecule has 0 spiro atoms. The van der Waals surface area contributed by atoms with Crippen LogP contribution in [0.2, 0.25) is 0 Å². The summed E-state index contributed by atoms with van der Waals surface area (Å²) >= 11 is 7.66. The first kappa shape index (κ1) is 55.2. The van der Waals surface area contributed by atoms with Crippen LogP contribution in [0.5, 0.6) is 0 Å². The number of fused-ring (bicyclic) bond motifs is 3. The molecule has 3 aromatic heterocycles. The zero-order chi connectivity index (χ0) is 44.7. The number of hydrogen-bond donors (Lipinski definition) is 4. The highest BCUT2D eigenvalue weighted by Gasteiger charge is 2.30. The Hall–Kier alpha value is -4.10. The summed E-state index contributed by atoms with van der Waals surface area (Å²) in [6.07, 6.45) is 1.10. The second-order valence-electron chi connectivity index (χ2n) is 14.5. The summed E-state index contributed by atoms with van der Waals surface area (Å²) in [7, 11) is 0.706. The Kier molecular flexibility index (Phi) is 20.9. The molecule has 0 atom stereocenters. The standard InChI is InChI=1S/C13H13BrN2O3S.C13H14N2O3S.C10H9NO4S2.C4H9NO.2CH4.ClH/c1-19-12(18)8-2-10-11(3-9(8)14)20-13(15-10)16-4-7(5-16)6-17;1-18-12(17)9-2-3-11-10(4-9)14-13(19-11)15-5-8(6-15)7-16;1-15-9(12)6-3-4-8-7(5-6)11-10(16-8)17(2,13)14;6-3-4-1-5-2-4;;;/h2-3,7,17H,4-6H2,1H3;2-4,8,16H,5-7H2,1H3;3-5H,1-2H3;4-6H,1-3H2;2*1H4;1H. The molecule has 3 saturated heterocycles. The molecule has 9 rings (SSSR count). The second kappa shape index (κ2) is 24.6. The lowest BCUT2D eigenvalue weighted by Gasteiger charge is -2.37. The fourth-order valence-electron chi connectivity index (χ4n) is 6.10. The van der Waals surface area contributed by atoms with Gasteiger partial charge in [-0.25, -0.2) is 37.8 Å². The molecule has 0 bridgehead atoms. The van der Waals surface area contributed by atoms with Crippen LogP contribution in [-0.2, 0) is 24.0 Å². The molecule has 17 nitrogen and oxygen atoms in total. The minimum absolute atomic E-state index is 0. The van der Waals surface area contributed by atoms with Crippen molar-refractivity contribution in [1.82, 2.24) is 20.3 Å². The number of ether oxygens (including phenoxy) is 3. The lowest BCUT2D eigenvalue weighted by Crippen LogP contribution is -2.48. The van der Waals surface area contributed by atoms with E-state index in [1.54, 1.807) is 53.0 Å². The topological polar surface area (TPSA) is 231 Å². The molecule has 4 N–H and O–H groups in total. The van der Waals surface area contributed by atoms with E-state index in [4.69, 9.17) is 24.8 Å². The van der Waals surface area contributed by atoms with Gasteiger partial charge in [-0.05, 0) is 64.5 Å². The molecule has 65 heavy (non-hydrogen) atoms. The Labute approximate surface area is 404 Å². The first-order chi connectivity index (χ1) is 29.7. The Balaban J connectivity index is 0.000000238. The van der Waals surface area contributed by atoms with Gasteiger partial charge < -0.3 is 44.6 Å². The van der Waals surface area contributed by atoms with Gasteiger partial charge in [0.05, 0.1) is 68.7 Å². The number of anilines is 2. The number of halogens is 2. The van der Waals surface area contributed by atoms with Gasteiger partial charge in [-0.3, -0.25) is 0 Å². The summed E-state index contributed by atoms with van der Waals surface area (Å²) in [6.45, 7) is 6.19. The lowest BCUT2D eigenvalue weighted by molar-refractivity contribution is 0.0591. The minimum Gasteiger partial charge on any atom is -0.465 e. The highest BCUT2D eigenvalue weighted by Crippen LogP contribution is 2.36. The van der Waals surface area contributed by atoms with Crippen LogP contribution < -0.4 is 15.1 Å². The van der Waals surface area contributed by atoms with Gasteiger partial charge in [0, 0.05) is 87.6 Å². The number of benzene rings is 3. The van der Waals surface area contributed by atoms with Gasteiger partial charge in [-0.2, -0.15) is 0 Å². The number of carbonyl (C=O) groups excluding carboxylic acids is 3. The molecule has 3 aliphatic heterocycles. The van der Waals surface area contributed by atoms with Crippen molar-refractivity contribution < 1.29 is 52.3 Å². The molecule has 0 saturated carbocycles. The number of thiazole rings is 3. The van der Waals surface area contributed by atoms with E-state index in [1.807, 2.05) is 12.1 Å². The quantitative estimate of drug-likeness (QED) is 0.0938. The zero-order valence-corrected chi connectivity index (χ0v) is 40.1. The van der Waals surface area contributed by atoms with Crippen LogP contribution in [0, 0.1) is 17.8 Å². The van der Waals surface area contributed by atoms with Gasteiger partial charge >= 0.3 is 17.9 Å². The summed E-state index contributed by atoms with van der Waals surface area (Å²) in [5.74, 6) is 0.0705. The van der Waals surface area contributed by atoms with Crippen LogP contribution >= 0.6 is 62.3 Å². The van der Waals surface area contributed by atoms with E-state index in [0.717, 1.165) is 92.3 Å². The number of sulfone groups is 1. The summed E-state index contributed by atoms with van der Waals surface area (Å²) < 4.78 is 40.2. The highest BCUT2D eigenvalue weighted by molar-refractivity contribution is 9.10. The van der Waals surface area contributed by atoms with E-state index in [9.17, 15) is 22.8 Å². The number of hydrogen-bond acceptors (Lipinski definition) is 20. The van der Waals surface area contributed by atoms with Crippen molar-refractivity contribution in [1.29, 1.82) is 0 Å². The number of aliphatic hydroxyl groups excluding tert-OH is 3. The lowest BCUT2D eigenvalue weighted by atomic mass is 10.0. The maximum atomic E-state index is 11.7. The van der Waals surface area contributed by atoms with Gasteiger partial charge in [0.1, 0.15) is 0 Å². The number of esters is 3. The Morgan fingerprint density at radius 3 is 1.51 bits per heavy atom. The SMILES string of the molecule is C.C.COC(=O)c1cc2nc(N3CC(CO)C3)sc2cc1Br.COC(=O)c1ccc2sc(N3CC(CO)C3)nc2c1.COC(=O)c1ccc2sc(S(C)(=O)=O)nc2c1.Cl.OCC1CNC1. The number of nitrogens with zero attached hydrogens (tertiary/aromatic N) is 5. The van der Waals surface area contributed by atoms with Crippen molar-refractivity contribution in [3.05, 3.63) is 69.7 Å². The first-order valence-electron chi connectivity index (χ1n) is 19.1. The molecule has 0 aliphatic carbocycles. The normalized spacial score (nSPS) is 14.5. The third-order valence-electron chi connectivity index (χ3n) is 9.87. The maximum Gasteiger partial charge on any atom is 0.339 e. The predicted octanol–water partition coefficient (Wildman–Crippen LogP) is 6.16. The molecule has 356 valence electrons. The molecule has 3 aliphatic rings. The van der Waals surface area contributed by atoms with Crippen molar-refractivity contribution in [2.24, 2.45) is 17.8 Å². The van der Waals surface area contributed by atoms with Crippen LogP contribution in [0.15, 0.2) is 57.3 Å².